The van der Waals surface area contributed by atoms with Crippen LogP contribution in [0.3, 0.4) is 0 Å². The van der Waals surface area contributed by atoms with Gasteiger partial charge in [-0.15, -0.1) is 22.7 Å². The van der Waals surface area contributed by atoms with Crippen molar-refractivity contribution in [2.24, 2.45) is 0 Å². The van der Waals surface area contributed by atoms with Crippen molar-refractivity contribution in [3.05, 3.63) is 45.7 Å². The highest BCUT2D eigenvalue weighted by molar-refractivity contribution is 7.14. The van der Waals surface area contributed by atoms with Gasteiger partial charge < -0.3 is 10.4 Å². The predicted molar refractivity (Wildman–Crippen MR) is 84.6 cm³/mol. The van der Waals surface area contributed by atoms with Crippen molar-refractivity contribution in [1.29, 1.82) is 0 Å². The Labute approximate surface area is 129 Å². The summed E-state index contributed by atoms with van der Waals surface area (Å²) in [5.41, 5.74) is 2.93. The number of anilines is 2. The molecule has 3 aromatic rings. The Morgan fingerprint density at radius 1 is 1.14 bits per heavy atom. The molecule has 0 aliphatic carbocycles. The van der Waals surface area contributed by atoms with E-state index in [1.54, 1.807) is 11.3 Å². The van der Waals surface area contributed by atoms with Crippen LogP contribution in [0, 0.1) is 6.92 Å². The number of nitrogens with zero attached hydrogens (tertiary/aromatic N) is 2. The lowest BCUT2D eigenvalue weighted by Crippen LogP contribution is -1.97. The number of benzene rings is 1. The number of thiazole rings is 2. The third-order valence-electron chi connectivity index (χ3n) is 2.77. The van der Waals surface area contributed by atoms with Crippen molar-refractivity contribution in [2.45, 2.75) is 6.92 Å². The number of carbonyl (C=O) groups is 1. The van der Waals surface area contributed by atoms with Gasteiger partial charge in [-0.2, -0.15) is 0 Å². The van der Waals surface area contributed by atoms with Gasteiger partial charge in [-0.25, -0.2) is 14.8 Å². The molecule has 21 heavy (non-hydrogen) atoms. The summed E-state index contributed by atoms with van der Waals surface area (Å²) >= 11 is 2.88. The summed E-state index contributed by atoms with van der Waals surface area (Å²) in [7, 11) is 0. The van der Waals surface area contributed by atoms with Crippen LogP contribution < -0.4 is 5.32 Å². The first-order valence-electron chi connectivity index (χ1n) is 6.10. The maximum Gasteiger partial charge on any atom is 0.355 e. The predicted octanol–water partition coefficient (Wildman–Crippen LogP) is 4.02. The molecule has 106 valence electrons. The fourth-order valence-electron chi connectivity index (χ4n) is 1.77. The number of aromatic nitrogens is 2. The van der Waals surface area contributed by atoms with Gasteiger partial charge in [-0.1, -0.05) is 12.1 Å². The molecule has 0 fully saturated rings. The third kappa shape index (κ3) is 3.09. The molecule has 0 radical (unpaired) electrons. The minimum Gasteiger partial charge on any atom is -0.476 e. The summed E-state index contributed by atoms with van der Waals surface area (Å²) in [5, 5.41) is 17.1. The summed E-state index contributed by atoms with van der Waals surface area (Å²) in [6.07, 6.45) is 0. The van der Waals surface area contributed by atoms with E-state index in [1.165, 1.54) is 16.7 Å². The number of rotatable bonds is 4. The topological polar surface area (TPSA) is 75.1 Å². The number of carboxylic acid groups (broad SMARTS) is 1. The molecule has 0 aliphatic rings. The van der Waals surface area contributed by atoms with E-state index < -0.39 is 5.97 Å². The number of hydrogen-bond donors (Lipinski definition) is 2. The summed E-state index contributed by atoms with van der Waals surface area (Å²) < 4.78 is 0. The molecule has 5 nitrogen and oxygen atoms in total. The molecule has 3 rings (SSSR count). The molecule has 0 spiro atoms. The van der Waals surface area contributed by atoms with E-state index in [1.807, 2.05) is 36.6 Å². The minimum atomic E-state index is -1.02. The van der Waals surface area contributed by atoms with Gasteiger partial charge in [0.1, 0.15) is 0 Å². The van der Waals surface area contributed by atoms with Crippen molar-refractivity contribution in [2.75, 3.05) is 5.32 Å². The van der Waals surface area contributed by atoms with Gasteiger partial charge in [0, 0.05) is 22.0 Å². The molecule has 0 aliphatic heterocycles. The maximum absolute atomic E-state index is 10.8. The summed E-state index contributed by atoms with van der Waals surface area (Å²) in [4.78, 5) is 19.2. The van der Waals surface area contributed by atoms with Crippen molar-refractivity contribution in [3.8, 4) is 11.3 Å². The molecule has 7 heteroatoms. The lowest BCUT2D eigenvalue weighted by atomic mass is 10.1. The summed E-state index contributed by atoms with van der Waals surface area (Å²) in [6, 6.07) is 7.79. The van der Waals surface area contributed by atoms with Crippen LogP contribution >= 0.6 is 22.7 Å². The highest BCUT2D eigenvalue weighted by Crippen LogP contribution is 2.25. The molecule has 0 saturated carbocycles. The Bertz CT molecular complexity index is 778. The highest BCUT2D eigenvalue weighted by atomic mass is 32.1. The van der Waals surface area contributed by atoms with Crippen LogP contribution in [-0.4, -0.2) is 21.0 Å². The number of aromatic carboxylic acids is 1. The van der Waals surface area contributed by atoms with E-state index in [2.05, 4.69) is 15.3 Å². The lowest BCUT2D eigenvalue weighted by molar-refractivity contribution is 0.0691. The normalized spacial score (nSPS) is 10.5. The Hall–Kier alpha value is -2.25. The van der Waals surface area contributed by atoms with Crippen molar-refractivity contribution in [1.82, 2.24) is 9.97 Å². The fraction of sp³-hybridized carbons (Fsp3) is 0.0714. The van der Waals surface area contributed by atoms with Crippen LogP contribution in [0.15, 0.2) is 35.0 Å². The van der Waals surface area contributed by atoms with E-state index in [9.17, 15) is 4.79 Å². The Morgan fingerprint density at radius 2 is 1.90 bits per heavy atom. The molecule has 2 aromatic heterocycles. The Morgan fingerprint density at radius 3 is 2.48 bits per heavy atom. The van der Waals surface area contributed by atoms with Crippen LogP contribution in [-0.2, 0) is 0 Å². The summed E-state index contributed by atoms with van der Waals surface area (Å²) in [5.74, 6) is -1.02. The second-order valence-corrected chi connectivity index (χ2v) is 6.22. The van der Waals surface area contributed by atoms with Crippen LogP contribution in [0.25, 0.3) is 11.3 Å². The summed E-state index contributed by atoms with van der Waals surface area (Å²) in [6.45, 7) is 1.98. The minimum absolute atomic E-state index is 0.0528. The zero-order chi connectivity index (χ0) is 14.8. The lowest BCUT2D eigenvalue weighted by Gasteiger charge is -2.03. The molecular weight excluding hydrogens is 306 g/mol. The zero-order valence-electron chi connectivity index (χ0n) is 11.0. The first-order chi connectivity index (χ1) is 10.1. The highest BCUT2D eigenvalue weighted by Gasteiger charge is 2.08. The van der Waals surface area contributed by atoms with Gasteiger partial charge in [0.25, 0.3) is 0 Å². The quantitative estimate of drug-likeness (QED) is 0.760. The van der Waals surface area contributed by atoms with Crippen LogP contribution in [0.2, 0.25) is 0 Å². The average molecular weight is 317 g/mol. The molecule has 2 N–H and O–H groups in total. The molecule has 0 unspecified atom stereocenters. The smallest absolute Gasteiger partial charge is 0.355 e. The molecule has 0 bridgehead atoms. The average Bonchev–Trinajstić information content (AvgIpc) is 3.09. The second-order valence-electron chi connectivity index (χ2n) is 4.30. The largest absolute Gasteiger partial charge is 0.476 e. The second kappa shape index (κ2) is 5.63. The number of hydrogen-bond acceptors (Lipinski definition) is 6. The van der Waals surface area contributed by atoms with Gasteiger partial charge in [0.2, 0.25) is 0 Å². The van der Waals surface area contributed by atoms with Crippen molar-refractivity contribution >= 4 is 39.5 Å². The fourth-order valence-corrected chi connectivity index (χ4v) is 3.10. The van der Waals surface area contributed by atoms with Crippen LogP contribution in [0.5, 0.6) is 0 Å². The third-order valence-corrected chi connectivity index (χ3v) is 4.31. The van der Waals surface area contributed by atoms with Crippen LogP contribution in [0.4, 0.5) is 10.8 Å². The molecular formula is C14H11N3O2S2. The first-order valence-corrected chi connectivity index (χ1v) is 7.86. The number of nitrogens with one attached hydrogen (secondary N) is 1. The molecule has 1 aromatic carbocycles. The van der Waals surface area contributed by atoms with Gasteiger partial charge >= 0.3 is 5.97 Å². The maximum atomic E-state index is 10.8. The van der Waals surface area contributed by atoms with Gasteiger partial charge in [-0.3, -0.25) is 0 Å². The van der Waals surface area contributed by atoms with E-state index in [4.69, 9.17) is 5.11 Å². The Balaban J connectivity index is 1.76. The molecule has 2 heterocycles. The Kier molecular flexibility index (Phi) is 3.68. The van der Waals surface area contributed by atoms with Gasteiger partial charge in [0.05, 0.1) is 10.7 Å². The van der Waals surface area contributed by atoms with Crippen molar-refractivity contribution in [3.63, 3.8) is 0 Å². The van der Waals surface area contributed by atoms with Crippen LogP contribution in [0.1, 0.15) is 15.5 Å². The standard InChI is InChI=1S/C14H11N3O2S2/c1-8-15-11(6-20-8)9-2-4-10(5-3-9)16-14-17-12(7-21-14)13(18)19/h2-7H,1H3,(H,16,17)(H,18,19). The molecule has 0 amide bonds. The number of aryl methyl sites for hydroxylation is 1. The van der Waals surface area contributed by atoms with Crippen molar-refractivity contribution < 1.29 is 9.90 Å². The first kappa shape index (κ1) is 13.7. The zero-order valence-corrected chi connectivity index (χ0v) is 12.7. The SMILES string of the molecule is Cc1nc(-c2ccc(Nc3nc(C(=O)O)cs3)cc2)cs1. The monoisotopic (exact) mass is 317 g/mol. The van der Waals surface area contributed by atoms with E-state index in [-0.39, 0.29) is 5.69 Å². The molecule has 0 atom stereocenters. The molecule has 0 saturated heterocycles. The van der Waals surface area contributed by atoms with Gasteiger partial charge in [-0.05, 0) is 19.1 Å². The van der Waals surface area contributed by atoms with Gasteiger partial charge in [0.15, 0.2) is 10.8 Å². The number of carboxylic acids is 1. The van der Waals surface area contributed by atoms with E-state index >= 15 is 0 Å². The van der Waals surface area contributed by atoms with E-state index in [0.29, 0.717) is 5.13 Å². The van der Waals surface area contributed by atoms with E-state index in [0.717, 1.165) is 22.0 Å².